The van der Waals surface area contributed by atoms with Crippen molar-refractivity contribution in [2.45, 2.75) is 57.7 Å². The van der Waals surface area contributed by atoms with Gasteiger partial charge in [0.05, 0.1) is 19.3 Å². The molecule has 0 heterocycles. The summed E-state index contributed by atoms with van der Waals surface area (Å²) in [6.45, 7) is 3.31. The minimum Gasteiger partial charge on any atom is -0.388 e. The van der Waals surface area contributed by atoms with Gasteiger partial charge in [0.25, 0.3) is 0 Å². The summed E-state index contributed by atoms with van der Waals surface area (Å²) in [5.41, 5.74) is 3.15. The first-order chi connectivity index (χ1) is 13.2. The molecule has 3 atom stereocenters. The van der Waals surface area contributed by atoms with Crippen molar-refractivity contribution in [3.05, 3.63) is 71.3 Å². The van der Waals surface area contributed by atoms with Gasteiger partial charge < -0.3 is 9.84 Å². The second-order valence-electron chi connectivity index (χ2n) is 7.57. The first kappa shape index (κ1) is 19.8. The SMILES string of the molecule is CCCCC(O)c1ccc(C2C(=O)CCC2COCc2ccccc2)cc1. The Balaban J connectivity index is 1.60. The number of aliphatic hydroxyl groups is 1. The second-order valence-corrected chi connectivity index (χ2v) is 7.57. The van der Waals surface area contributed by atoms with E-state index in [1.165, 1.54) is 0 Å². The third kappa shape index (κ3) is 5.27. The van der Waals surface area contributed by atoms with Crippen LogP contribution in [0.3, 0.4) is 0 Å². The van der Waals surface area contributed by atoms with Crippen LogP contribution in [0.2, 0.25) is 0 Å². The maximum absolute atomic E-state index is 12.5. The van der Waals surface area contributed by atoms with Gasteiger partial charge in [-0.2, -0.15) is 0 Å². The molecule has 0 aromatic heterocycles. The third-order valence-corrected chi connectivity index (χ3v) is 5.53. The fourth-order valence-corrected chi connectivity index (χ4v) is 3.94. The molecule has 1 fully saturated rings. The van der Waals surface area contributed by atoms with Crippen molar-refractivity contribution < 1.29 is 14.6 Å². The van der Waals surface area contributed by atoms with Crippen molar-refractivity contribution in [2.75, 3.05) is 6.61 Å². The van der Waals surface area contributed by atoms with Crippen LogP contribution in [-0.4, -0.2) is 17.5 Å². The number of hydrogen-bond acceptors (Lipinski definition) is 3. The fourth-order valence-electron chi connectivity index (χ4n) is 3.94. The van der Waals surface area contributed by atoms with E-state index in [1.807, 2.05) is 42.5 Å². The Morgan fingerprint density at radius 1 is 1.11 bits per heavy atom. The van der Waals surface area contributed by atoms with Crippen LogP contribution in [-0.2, 0) is 16.1 Å². The average molecular weight is 367 g/mol. The summed E-state index contributed by atoms with van der Waals surface area (Å²) >= 11 is 0. The highest BCUT2D eigenvalue weighted by molar-refractivity contribution is 5.88. The highest BCUT2D eigenvalue weighted by Crippen LogP contribution is 2.37. The van der Waals surface area contributed by atoms with E-state index in [1.54, 1.807) is 0 Å². The van der Waals surface area contributed by atoms with Gasteiger partial charge in [-0.3, -0.25) is 4.79 Å². The van der Waals surface area contributed by atoms with Gasteiger partial charge in [0.15, 0.2) is 0 Å². The van der Waals surface area contributed by atoms with Crippen LogP contribution in [0.5, 0.6) is 0 Å². The summed E-state index contributed by atoms with van der Waals surface area (Å²) in [7, 11) is 0. The lowest BCUT2D eigenvalue weighted by Crippen LogP contribution is -2.17. The molecule has 3 nitrogen and oxygen atoms in total. The van der Waals surface area contributed by atoms with Gasteiger partial charge in [-0.05, 0) is 35.4 Å². The molecular weight excluding hydrogens is 336 g/mol. The van der Waals surface area contributed by atoms with Gasteiger partial charge in [-0.15, -0.1) is 0 Å². The molecule has 27 heavy (non-hydrogen) atoms. The zero-order valence-corrected chi connectivity index (χ0v) is 16.1. The molecule has 3 unspecified atom stereocenters. The summed E-state index contributed by atoms with van der Waals surface area (Å²) in [6.07, 6.45) is 3.99. The van der Waals surface area contributed by atoms with Gasteiger partial charge >= 0.3 is 0 Å². The Hall–Kier alpha value is -1.97. The van der Waals surface area contributed by atoms with Gasteiger partial charge in [0.2, 0.25) is 0 Å². The van der Waals surface area contributed by atoms with Crippen molar-refractivity contribution in [3.63, 3.8) is 0 Å². The van der Waals surface area contributed by atoms with E-state index in [9.17, 15) is 9.90 Å². The van der Waals surface area contributed by atoms with Gasteiger partial charge in [0.1, 0.15) is 5.78 Å². The zero-order chi connectivity index (χ0) is 19.1. The van der Waals surface area contributed by atoms with Gasteiger partial charge in [-0.25, -0.2) is 0 Å². The van der Waals surface area contributed by atoms with Crippen LogP contribution in [0.25, 0.3) is 0 Å². The van der Waals surface area contributed by atoms with Crippen molar-refractivity contribution >= 4 is 5.78 Å². The van der Waals surface area contributed by atoms with Crippen molar-refractivity contribution in [2.24, 2.45) is 5.92 Å². The van der Waals surface area contributed by atoms with E-state index in [0.29, 0.717) is 25.4 Å². The van der Waals surface area contributed by atoms with Crippen LogP contribution in [0.15, 0.2) is 54.6 Å². The summed E-state index contributed by atoms with van der Waals surface area (Å²) in [5, 5.41) is 10.2. The molecule has 0 spiro atoms. The number of aliphatic hydroxyl groups excluding tert-OH is 1. The Kier molecular flexibility index (Phi) is 7.19. The van der Waals surface area contributed by atoms with E-state index >= 15 is 0 Å². The quantitative estimate of drug-likeness (QED) is 0.664. The average Bonchev–Trinajstić information content (AvgIpc) is 3.07. The fraction of sp³-hybridized carbons (Fsp3) is 0.458. The minimum absolute atomic E-state index is 0.0809. The first-order valence-corrected chi connectivity index (χ1v) is 10.1. The number of rotatable bonds is 9. The molecule has 0 radical (unpaired) electrons. The third-order valence-electron chi connectivity index (χ3n) is 5.53. The topological polar surface area (TPSA) is 46.5 Å². The molecule has 1 saturated carbocycles. The van der Waals surface area contributed by atoms with E-state index in [2.05, 4.69) is 19.1 Å². The minimum atomic E-state index is -0.414. The first-order valence-electron chi connectivity index (χ1n) is 10.1. The highest BCUT2D eigenvalue weighted by Gasteiger charge is 2.35. The van der Waals surface area contributed by atoms with Gasteiger partial charge in [0, 0.05) is 12.3 Å². The second kappa shape index (κ2) is 9.82. The molecular formula is C24H30O3. The molecule has 1 aliphatic rings. The number of Topliss-reactive ketones (excluding diaryl/α,β-unsaturated/α-hetero) is 1. The molecule has 0 amide bonds. The van der Waals surface area contributed by atoms with E-state index < -0.39 is 6.10 Å². The maximum Gasteiger partial charge on any atom is 0.140 e. The Morgan fingerprint density at radius 2 is 1.85 bits per heavy atom. The Bertz CT molecular complexity index is 708. The lowest BCUT2D eigenvalue weighted by Gasteiger charge is -2.20. The summed E-state index contributed by atoms with van der Waals surface area (Å²) < 4.78 is 5.92. The molecule has 3 rings (SSSR count). The lowest BCUT2D eigenvalue weighted by atomic mass is 9.88. The van der Waals surface area contributed by atoms with Crippen LogP contribution in [0, 0.1) is 5.92 Å². The molecule has 2 aromatic rings. The number of carbonyl (C=O) groups excluding carboxylic acids is 1. The van der Waals surface area contributed by atoms with Crippen molar-refractivity contribution in [1.29, 1.82) is 0 Å². The van der Waals surface area contributed by atoms with Crippen molar-refractivity contribution in [3.8, 4) is 0 Å². The molecule has 0 saturated heterocycles. The van der Waals surface area contributed by atoms with Gasteiger partial charge in [-0.1, -0.05) is 74.4 Å². The highest BCUT2D eigenvalue weighted by atomic mass is 16.5. The van der Waals surface area contributed by atoms with Crippen LogP contribution < -0.4 is 0 Å². The number of benzene rings is 2. The predicted molar refractivity (Wildman–Crippen MR) is 107 cm³/mol. The molecule has 1 N–H and O–H groups in total. The summed E-state index contributed by atoms with van der Waals surface area (Å²) in [6, 6.07) is 18.1. The van der Waals surface area contributed by atoms with E-state index in [0.717, 1.165) is 42.4 Å². The molecule has 1 aliphatic carbocycles. The number of hydrogen-bond donors (Lipinski definition) is 1. The van der Waals surface area contributed by atoms with Crippen molar-refractivity contribution in [1.82, 2.24) is 0 Å². The normalized spacial score (nSPS) is 20.7. The van der Waals surface area contributed by atoms with E-state index in [4.69, 9.17) is 4.74 Å². The van der Waals surface area contributed by atoms with E-state index in [-0.39, 0.29) is 11.8 Å². The smallest absolute Gasteiger partial charge is 0.140 e. The summed E-state index contributed by atoms with van der Waals surface area (Å²) in [4.78, 5) is 12.5. The Morgan fingerprint density at radius 3 is 2.56 bits per heavy atom. The number of ether oxygens (including phenoxy) is 1. The molecule has 0 aliphatic heterocycles. The number of ketones is 1. The largest absolute Gasteiger partial charge is 0.388 e. The number of unbranched alkanes of at least 4 members (excludes halogenated alkanes) is 1. The zero-order valence-electron chi connectivity index (χ0n) is 16.1. The monoisotopic (exact) mass is 366 g/mol. The predicted octanol–water partition coefficient (Wildman–Crippen LogP) is 5.19. The Labute approximate surface area is 162 Å². The van der Waals surface area contributed by atoms with Crippen LogP contribution in [0.1, 0.15) is 67.7 Å². The number of carbonyl (C=O) groups is 1. The maximum atomic E-state index is 12.5. The molecule has 3 heteroatoms. The molecule has 2 aromatic carbocycles. The standard InChI is InChI=1S/C24H30O3/c1-2-3-9-22(25)19-10-12-20(13-11-19)24-21(14-15-23(24)26)17-27-16-18-7-5-4-6-8-18/h4-8,10-13,21-22,24-25H,2-3,9,14-17H2,1H3. The lowest BCUT2D eigenvalue weighted by molar-refractivity contribution is -0.119. The van der Waals surface area contributed by atoms with Crippen LogP contribution in [0.4, 0.5) is 0 Å². The molecule has 144 valence electrons. The molecule has 0 bridgehead atoms. The summed E-state index contributed by atoms with van der Waals surface area (Å²) in [5.74, 6) is 0.460. The van der Waals surface area contributed by atoms with Crippen LogP contribution >= 0.6 is 0 Å².